The van der Waals surface area contributed by atoms with E-state index in [0.717, 1.165) is 83.0 Å². The summed E-state index contributed by atoms with van der Waals surface area (Å²) in [6, 6.07) is 19.9. The number of amides is 3. The van der Waals surface area contributed by atoms with Crippen LogP contribution in [0.2, 0.25) is 0 Å². The van der Waals surface area contributed by atoms with Crippen molar-refractivity contribution < 1.29 is 23.9 Å². The minimum absolute atomic E-state index is 0.0169. The van der Waals surface area contributed by atoms with Crippen molar-refractivity contribution >= 4 is 17.9 Å². The van der Waals surface area contributed by atoms with Crippen LogP contribution in [0.15, 0.2) is 85.5 Å². The molecule has 6 atom stereocenters. The summed E-state index contributed by atoms with van der Waals surface area (Å²) in [5.41, 5.74) is 7.05. The summed E-state index contributed by atoms with van der Waals surface area (Å²) in [5.74, 6) is 2.52. The largest absolute Gasteiger partial charge is 0.453 e. The van der Waals surface area contributed by atoms with Gasteiger partial charge in [-0.05, 0) is 96.6 Å². The molecule has 2 aromatic carbocycles. The number of nitrogens with zero attached hydrogens (tertiary/aromatic N) is 4. The van der Waals surface area contributed by atoms with Crippen molar-refractivity contribution in [3.05, 3.63) is 103 Å². The second kappa shape index (κ2) is 16.6. The number of hydrogen-bond donors (Lipinski definition) is 4. The Hall–Kier alpha value is -5.82. The van der Waals surface area contributed by atoms with Gasteiger partial charge >= 0.3 is 6.09 Å². The molecule has 2 saturated heterocycles. The average Bonchev–Trinajstić information content (AvgIpc) is 4.14. The van der Waals surface area contributed by atoms with Gasteiger partial charge in [0.05, 0.1) is 42.9 Å². The highest BCUT2D eigenvalue weighted by molar-refractivity contribution is 5.86. The number of benzene rings is 2. The third-order valence-electron chi connectivity index (χ3n) is 13.0. The lowest BCUT2D eigenvalue weighted by molar-refractivity contribution is -0.136. The molecule has 5 heterocycles. The summed E-state index contributed by atoms with van der Waals surface area (Å²) < 4.78 is 10.4. The van der Waals surface area contributed by atoms with Crippen molar-refractivity contribution in [1.82, 2.24) is 40.5 Å². The van der Waals surface area contributed by atoms with E-state index in [1.54, 1.807) is 12.4 Å². The third kappa shape index (κ3) is 7.62. The Morgan fingerprint density at radius 3 is 2.16 bits per heavy atom. The van der Waals surface area contributed by atoms with Crippen LogP contribution in [0.4, 0.5) is 4.79 Å². The number of alkyl carbamates (subject to hydrolysis) is 1. The summed E-state index contributed by atoms with van der Waals surface area (Å²) >= 11 is 0. The van der Waals surface area contributed by atoms with Gasteiger partial charge in [0.2, 0.25) is 11.8 Å². The molecule has 2 aliphatic carbocycles. The van der Waals surface area contributed by atoms with Crippen LogP contribution in [0, 0.1) is 23.7 Å². The van der Waals surface area contributed by atoms with E-state index in [1.807, 2.05) is 29.4 Å². The number of aromatic amines is 2. The third-order valence-corrected chi connectivity index (χ3v) is 13.0. The molecular weight excluding hydrogens is 733 g/mol. The number of methoxy groups -OCH3 is 1. The SMILES string of the molecule is COC(=O)NC(C(=O)N1CCC[C@H]1c1ncc(-c2ccc(-c3ccc(-c4cnc(C5C6CCC(C6)C5C(=O)NCc5cccnc5)[nH]4)cc3)cc2)[nH]1)C1CCOCC1. The lowest BCUT2D eigenvalue weighted by atomic mass is 9.78. The average molecular weight is 783 g/mol. The Bertz CT molecular complexity index is 2210. The van der Waals surface area contributed by atoms with E-state index in [2.05, 4.69) is 74.1 Å². The standard InChI is InChI=1S/C45H50N8O5/c1-57-45(56)52-40(32-16-20-58-21-17-32)44(55)53-19-3-5-37(53)41-47-25-35(50-41)30-10-6-28(7-11-30)29-8-12-31(13-9-29)36-26-48-42(51-36)38-33-14-15-34(22-33)39(38)43(54)49-24-27-4-2-18-46-23-27/h2,4,6-13,18,23,25-26,32-34,37-40H,3,5,14-17,19-22,24H2,1H3,(H,47,50)(H,48,51)(H,49,54)(H,52,56)/t33?,34?,37-,38?,39?,40?/m0/s1. The predicted molar refractivity (Wildman–Crippen MR) is 217 cm³/mol. The fraction of sp³-hybridized carbons (Fsp3) is 0.422. The van der Waals surface area contributed by atoms with Crippen LogP contribution < -0.4 is 10.6 Å². The molecule has 0 spiro atoms. The van der Waals surface area contributed by atoms with Gasteiger partial charge in [0.15, 0.2) is 0 Å². The molecule has 3 aromatic heterocycles. The molecule has 13 heteroatoms. The normalized spacial score (nSPS) is 23.5. The first-order chi connectivity index (χ1) is 28.4. The van der Waals surface area contributed by atoms with E-state index in [4.69, 9.17) is 19.4 Å². The van der Waals surface area contributed by atoms with Gasteiger partial charge in [-0.2, -0.15) is 0 Å². The lowest BCUT2D eigenvalue weighted by Crippen LogP contribution is -2.53. The molecular formula is C45H50N8O5. The maximum atomic E-state index is 14.0. The minimum Gasteiger partial charge on any atom is -0.453 e. The Labute approximate surface area is 337 Å². The van der Waals surface area contributed by atoms with Crippen LogP contribution >= 0.6 is 0 Å². The number of aromatic nitrogens is 5. The fourth-order valence-electron chi connectivity index (χ4n) is 9.97. The first-order valence-corrected chi connectivity index (χ1v) is 20.6. The summed E-state index contributed by atoms with van der Waals surface area (Å²) in [7, 11) is 1.31. The predicted octanol–water partition coefficient (Wildman–Crippen LogP) is 6.79. The summed E-state index contributed by atoms with van der Waals surface area (Å²) in [4.78, 5) is 62.4. The van der Waals surface area contributed by atoms with Crippen molar-refractivity contribution in [1.29, 1.82) is 0 Å². The Morgan fingerprint density at radius 1 is 0.828 bits per heavy atom. The van der Waals surface area contributed by atoms with Crippen LogP contribution in [0.25, 0.3) is 33.6 Å². The van der Waals surface area contributed by atoms with Crippen molar-refractivity contribution in [2.24, 2.45) is 23.7 Å². The van der Waals surface area contributed by atoms with Crippen LogP contribution in [-0.2, 0) is 25.6 Å². The van der Waals surface area contributed by atoms with Crippen molar-refractivity contribution in [3.8, 4) is 33.6 Å². The number of ether oxygens (including phenoxy) is 2. The topological polar surface area (TPSA) is 167 Å². The Balaban J connectivity index is 0.849. The number of imidazole rings is 2. The molecule has 4 N–H and O–H groups in total. The van der Waals surface area contributed by atoms with E-state index in [-0.39, 0.29) is 35.6 Å². The van der Waals surface area contributed by atoms with Gasteiger partial charge < -0.3 is 35.0 Å². The van der Waals surface area contributed by atoms with E-state index < -0.39 is 12.1 Å². The van der Waals surface area contributed by atoms with Gasteiger partial charge in [-0.15, -0.1) is 0 Å². The number of carbonyl (C=O) groups is 3. The van der Waals surface area contributed by atoms with E-state index >= 15 is 0 Å². The van der Waals surface area contributed by atoms with Gasteiger partial charge in [0, 0.05) is 44.6 Å². The van der Waals surface area contributed by atoms with Crippen molar-refractivity contribution in [3.63, 3.8) is 0 Å². The van der Waals surface area contributed by atoms with E-state index in [9.17, 15) is 14.4 Å². The number of carbonyl (C=O) groups excluding carboxylic acids is 3. The summed E-state index contributed by atoms with van der Waals surface area (Å²) in [6.45, 7) is 2.22. The number of fused-ring (bicyclic) bond motifs is 2. The molecule has 58 heavy (non-hydrogen) atoms. The maximum Gasteiger partial charge on any atom is 0.407 e. The number of likely N-dealkylation sites (tertiary alicyclic amines) is 1. The Morgan fingerprint density at radius 2 is 1.48 bits per heavy atom. The molecule has 300 valence electrons. The fourth-order valence-corrected chi connectivity index (χ4v) is 9.97. The lowest BCUT2D eigenvalue weighted by Gasteiger charge is -2.34. The van der Waals surface area contributed by atoms with Crippen LogP contribution in [-0.4, -0.2) is 80.6 Å². The molecule has 5 unspecified atom stereocenters. The number of H-pyrrole nitrogens is 2. The van der Waals surface area contributed by atoms with E-state index in [1.165, 1.54) is 7.11 Å². The zero-order chi connectivity index (χ0) is 39.6. The first kappa shape index (κ1) is 37.7. The highest BCUT2D eigenvalue weighted by Crippen LogP contribution is 2.56. The van der Waals surface area contributed by atoms with Gasteiger partial charge in [0.1, 0.15) is 17.7 Å². The highest BCUT2D eigenvalue weighted by Gasteiger charge is 2.52. The molecule has 4 aliphatic rings. The molecule has 0 radical (unpaired) electrons. The van der Waals surface area contributed by atoms with Crippen LogP contribution in [0.5, 0.6) is 0 Å². The second-order valence-electron chi connectivity index (χ2n) is 16.2. The molecule has 13 nitrogen and oxygen atoms in total. The van der Waals surface area contributed by atoms with Crippen LogP contribution in [0.1, 0.15) is 74.1 Å². The monoisotopic (exact) mass is 782 g/mol. The van der Waals surface area contributed by atoms with Crippen molar-refractivity contribution in [2.45, 2.75) is 69.5 Å². The smallest absolute Gasteiger partial charge is 0.407 e. The molecule has 3 amide bonds. The Kier molecular flexibility index (Phi) is 10.8. The molecule has 2 bridgehead atoms. The van der Waals surface area contributed by atoms with Gasteiger partial charge in [0.25, 0.3) is 0 Å². The maximum absolute atomic E-state index is 14.0. The van der Waals surface area contributed by atoms with Gasteiger partial charge in [-0.1, -0.05) is 54.6 Å². The number of hydrogen-bond acceptors (Lipinski definition) is 8. The summed E-state index contributed by atoms with van der Waals surface area (Å²) in [5, 5.41) is 6.00. The second-order valence-corrected chi connectivity index (χ2v) is 16.2. The van der Waals surface area contributed by atoms with Gasteiger partial charge in [-0.25, -0.2) is 14.8 Å². The quantitative estimate of drug-likeness (QED) is 0.114. The van der Waals surface area contributed by atoms with Crippen molar-refractivity contribution in [2.75, 3.05) is 26.9 Å². The number of pyridine rings is 1. The molecule has 2 aliphatic heterocycles. The first-order valence-electron chi connectivity index (χ1n) is 20.6. The zero-order valence-corrected chi connectivity index (χ0v) is 32.7. The summed E-state index contributed by atoms with van der Waals surface area (Å²) in [6.07, 6.45) is 13.0. The molecule has 4 fully saturated rings. The van der Waals surface area contributed by atoms with E-state index in [0.29, 0.717) is 51.0 Å². The molecule has 5 aromatic rings. The minimum atomic E-state index is -0.673. The van der Waals surface area contributed by atoms with Gasteiger partial charge in [-0.3, -0.25) is 14.6 Å². The number of rotatable bonds is 11. The number of nitrogens with one attached hydrogen (secondary N) is 4. The molecule has 9 rings (SSSR count). The highest BCUT2D eigenvalue weighted by atomic mass is 16.5. The molecule has 2 saturated carbocycles. The zero-order valence-electron chi connectivity index (χ0n) is 32.7. The van der Waals surface area contributed by atoms with Crippen LogP contribution in [0.3, 0.4) is 0 Å².